The van der Waals surface area contributed by atoms with Crippen molar-refractivity contribution >= 4 is 22.0 Å². The first-order valence-electron chi connectivity index (χ1n) is 11.3. The number of ether oxygens (including phenoxy) is 1. The van der Waals surface area contributed by atoms with Crippen LogP contribution < -0.4 is 5.43 Å². The Hall–Kier alpha value is -2.05. The molecule has 0 aliphatic carbocycles. The number of fused-ring (bicyclic) bond motifs is 1. The number of aliphatic carboxylic acids is 1. The fourth-order valence-corrected chi connectivity index (χ4v) is 7.18. The number of hydrazine groups is 1. The fourth-order valence-electron chi connectivity index (χ4n) is 5.40. The van der Waals surface area contributed by atoms with Crippen LogP contribution in [0.2, 0.25) is 0 Å². The van der Waals surface area contributed by atoms with Crippen molar-refractivity contribution in [2.45, 2.75) is 55.1 Å². The number of aromatic carboxylic acids is 1. The van der Waals surface area contributed by atoms with Crippen LogP contribution in [0.25, 0.3) is 0 Å². The highest BCUT2D eigenvalue weighted by molar-refractivity contribution is 7.89. The van der Waals surface area contributed by atoms with Gasteiger partial charge in [0, 0.05) is 45.2 Å². The highest BCUT2D eigenvalue weighted by Crippen LogP contribution is 2.40. The fraction of sp³-hybridized carbons (Fsp3) is 0.636. The lowest BCUT2D eigenvalue weighted by Gasteiger charge is -2.37. The van der Waals surface area contributed by atoms with Crippen LogP contribution in [0.15, 0.2) is 23.1 Å². The van der Waals surface area contributed by atoms with E-state index in [9.17, 15) is 28.2 Å². The number of nitrogens with one attached hydrogen (secondary N) is 1. The van der Waals surface area contributed by atoms with E-state index in [0.717, 1.165) is 0 Å². The number of hydrogen-bond donors (Lipinski definition) is 3. The molecule has 33 heavy (non-hydrogen) atoms. The molecule has 0 amide bonds. The molecule has 182 valence electrons. The summed E-state index contributed by atoms with van der Waals surface area (Å²) in [5, 5.41) is 20.8. The number of benzene rings is 1. The van der Waals surface area contributed by atoms with Gasteiger partial charge in [-0.15, -0.1) is 0 Å². The summed E-state index contributed by atoms with van der Waals surface area (Å²) in [6, 6.07) is 4.37. The predicted molar refractivity (Wildman–Crippen MR) is 118 cm³/mol. The second-order valence-electron chi connectivity index (χ2n) is 9.10. The quantitative estimate of drug-likeness (QED) is 0.527. The Balaban J connectivity index is 1.65. The maximum Gasteiger partial charge on any atom is 0.335 e. The van der Waals surface area contributed by atoms with Gasteiger partial charge in [-0.25, -0.2) is 18.2 Å². The molecule has 3 unspecified atom stereocenters. The molecule has 10 nitrogen and oxygen atoms in total. The maximum atomic E-state index is 13.6. The average Bonchev–Trinajstić information content (AvgIpc) is 3.20. The van der Waals surface area contributed by atoms with E-state index >= 15 is 0 Å². The summed E-state index contributed by atoms with van der Waals surface area (Å²) >= 11 is 0. The molecular weight excluding hydrogens is 450 g/mol. The van der Waals surface area contributed by atoms with E-state index in [-0.39, 0.29) is 40.9 Å². The molecule has 3 heterocycles. The molecule has 0 bridgehead atoms. The molecular formula is C22H31N3O7S. The van der Waals surface area contributed by atoms with Crippen molar-refractivity contribution < 1.29 is 33.0 Å². The van der Waals surface area contributed by atoms with Gasteiger partial charge in [0.05, 0.1) is 23.0 Å². The van der Waals surface area contributed by atoms with E-state index in [1.54, 1.807) is 13.2 Å². The number of methoxy groups -OCH3 is 1. The summed E-state index contributed by atoms with van der Waals surface area (Å²) in [4.78, 5) is 23.0. The Bertz CT molecular complexity index is 1010. The highest BCUT2D eigenvalue weighted by atomic mass is 32.2. The second-order valence-corrected chi connectivity index (χ2v) is 11.0. The summed E-state index contributed by atoms with van der Waals surface area (Å²) in [5.74, 6) is -2.19. The van der Waals surface area contributed by atoms with Crippen molar-refractivity contribution in [1.29, 1.82) is 0 Å². The topological polar surface area (TPSA) is 136 Å². The average molecular weight is 482 g/mol. The van der Waals surface area contributed by atoms with Crippen molar-refractivity contribution in [3.8, 4) is 0 Å². The first-order valence-corrected chi connectivity index (χ1v) is 12.8. The number of carboxylic acids is 2. The van der Waals surface area contributed by atoms with Crippen LogP contribution in [0.3, 0.4) is 0 Å². The van der Waals surface area contributed by atoms with E-state index in [4.69, 9.17) is 4.74 Å². The van der Waals surface area contributed by atoms with E-state index in [0.29, 0.717) is 57.4 Å². The number of sulfonamides is 1. The number of carbonyl (C=O) groups is 2. The van der Waals surface area contributed by atoms with Crippen LogP contribution in [-0.4, -0.2) is 85.3 Å². The van der Waals surface area contributed by atoms with Crippen LogP contribution in [0.5, 0.6) is 0 Å². The lowest BCUT2D eigenvalue weighted by Crippen LogP contribution is -2.44. The predicted octanol–water partition coefficient (Wildman–Crippen LogP) is 1.34. The molecule has 3 aliphatic rings. The summed E-state index contributed by atoms with van der Waals surface area (Å²) in [6.07, 6.45) is 2.57. The van der Waals surface area contributed by atoms with E-state index < -0.39 is 22.0 Å². The highest BCUT2D eigenvalue weighted by Gasteiger charge is 2.42. The molecule has 0 spiro atoms. The normalized spacial score (nSPS) is 27.4. The van der Waals surface area contributed by atoms with Crippen molar-refractivity contribution in [1.82, 2.24) is 14.7 Å². The first-order chi connectivity index (χ1) is 15.7. The zero-order chi connectivity index (χ0) is 23.8. The van der Waals surface area contributed by atoms with Crippen LogP contribution in [-0.2, 0) is 19.6 Å². The molecule has 0 radical (unpaired) electrons. The molecule has 11 heteroatoms. The number of hydrogen-bond acceptors (Lipinski definition) is 7. The Kier molecular flexibility index (Phi) is 7.06. The molecule has 3 fully saturated rings. The Labute approximate surface area is 193 Å². The van der Waals surface area contributed by atoms with Gasteiger partial charge in [-0.3, -0.25) is 10.2 Å². The number of piperidine rings is 2. The Morgan fingerprint density at radius 3 is 2.52 bits per heavy atom. The van der Waals surface area contributed by atoms with Crippen LogP contribution in [0, 0.1) is 5.92 Å². The molecule has 3 aliphatic heterocycles. The number of carboxylic acid groups (broad SMARTS) is 2. The lowest BCUT2D eigenvalue weighted by molar-refractivity contribution is -0.138. The van der Waals surface area contributed by atoms with Gasteiger partial charge in [-0.2, -0.15) is 4.31 Å². The second kappa shape index (κ2) is 9.67. The van der Waals surface area contributed by atoms with E-state index in [1.807, 2.05) is 0 Å². The maximum absolute atomic E-state index is 13.6. The molecule has 3 saturated heterocycles. The van der Waals surface area contributed by atoms with Gasteiger partial charge in [-0.05, 0) is 49.3 Å². The van der Waals surface area contributed by atoms with Crippen molar-refractivity contribution in [3.05, 3.63) is 29.3 Å². The largest absolute Gasteiger partial charge is 0.481 e. The van der Waals surface area contributed by atoms with Crippen LogP contribution in [0.4, 0.5) is 0 Å². The molecule has 0 aromatic heterocycles. The van der Waals surface area contributed by atoms with Crippen molar-refractivity contribution in [2.75, 3.05) is 33.3 Å². The third kappa shape index (κ3) is 4.92. The Morgan fingerprint density at radius 2 is 1.88 bits per heavy atom. The lowest BCUT2D eigenvalue weighted by atomic mass is 9.81. The third-order valence-corrected chi connectivity index (χ3v) is 9.19. The van der Waals surface area contributed by atoms with Gasteiger partial charge < -0.3 is 14.9 Å². The molecule has 1 aromatic rings. The smallest absolute Gasteiger partial charge is 0.335 e. The van der Waals surface area contributed by atoms with Gasteiger partial charge in [0.15, 0.2) is 0 Å². The monoisotopic (exact) mass is 481 g/mol. The minimum Gasteiger partial charge on any atom is -0.481 e. The van der Waals surface area contributed by atoms with Crippen molar-refractivity contribution in [3.63, 3.8) is 0 Å². The number of nitrogens with zero attached hydrogens (tertiary/aromatic N) is 2. The minimum absolute atomic E-state index is 0.00741. The molecule has 1 aromatic carbocycles. The van der Waals surface area contributed by atoms with Crippen molar-refractivity contribution in [2.24, 2.45) is 5.92 Å². The van der Waals surface area contributed by atoms with Crippen LogP contribution >= 0.6 is 0 Å². The number of rotatable bonds is 7. The molecule has 4 rings (SSSR count). The summed E-state index contributed by atoms with van der Waals surface area (Å²) in [6.45, 7) is 1.90. The van der Waals surface area contributed by atoms with E-state index in [1.165, 1.54) is 16.4 Å². The third-order valence-electron chi connectivity index (χ3n) is 7.23. The van der Waals surface area contributed by atoms with Gasteiger partial charge in [0.1, 0.15) is 0 Å². The Morgan fingerprint density at radius 1 is 1.15 bits per heavy atom. The minimum atomic E-state index is -3.89. The van der Waals surface area contributed by atoms with E-state index in [2.05, 4.69) is 10.4 Å². The molecule has 0 saturated carbocycles. The van der Waals surface area contributed by atoms with Gasteiger partial charge in [0.25, 0.3) is 0 Å². The summed E-state index contributed by atoms with van der Waals surface area (Å²) in [5.41, 5.74) is 3.83. The molecule has 3 atom stereocenters. The van der Waals surface area contributed by atoms with Gasteiger partial charge >= 0.3 is 11.9 Å². The van der Waals surface area contributed by atoms with Gasteiger partial charge in [0.2, 0.25) is 10.0 Å². The first kappa shape index (κ1) is 24.1. The molecule has 3 N–H and O–H groups in total. The zero-order valence-corrected chi connectivity index (χ0v) is 19.5. The summed E-state index contributed by atoms with van der Waals surface area (Å²) in [7, 11) is -2.28. The van der Waals surface area contributed by atoms with Gasteiger partial charge in [-0.1, -0.05) is 6.07 Å². The SMILES string of the molecule is COC1CCN(S(=O)(=O)c2cc(C(=O)O)ccc2C2CCN3NCC(CC(=O)O)C3C2)CC1. The summed E-state index contributed by atoms with van der Waals surface area (Å²) < 4.78 is 34.1. The zero-order valence-electron chi connectivity index (χ0n) is 18.6. The standard InChI is InChI=1S/C22H31N3O7S/c1-32-17-5-7-24(8-6-17)33(30,31)20-11-15(22(28)29)2-3-18(20)14-4-9-25-19(10-14)16(13-23-25)12-21(26)27/h2-3,11,14,16-17,19,23H,4-10,12-13H2,1H3,(H,26,27)(H,28,29). The van der Waals surface area contributed by atoms with Crippen LogP contribution in [0.1, 0.15) is 53.9 Å².